The van der Waals surface area contributed by atoms with Crippen LogP contribution >= 0.6 is 0 Å². The van der Waals surface area contributed by atoms with Gasteiger partial charge in [-0.2, -0.15) is 4.99 Å². The average molecular weight is 328 g/mol. The van der Waals surface area contributed by atoms with E-state index in [4.69, 9.17) is 0 Å². The first-order valence-electron chi connectivity index (χ1n) is 9.15. The Balaban J connectivity index is 1.62. The van der Waals surface area contributed by atoms with Crippen molar-refractivity contribution in [3.63, 3.8) is 0 Å². The Hall–Kier alpha value is -2.62. The number of hydrogen-bond acceptors (Lipinski definition) is 2. The van der Waals surface area contributed by atoms with E-state index >= 15 is 0 Å². The minimum Gasteiger partial charge on any atom is -0.222 e. The molecule has 1 saturated carbocycles. The summed E-state index contributed by atoms with van der Waals surface area (Å²) in [6.07, 6.45) is 7.75. The van der Waals surface area contributed by atoms with Crippen molar-refractivity contribution in [2.24, 2.45) is 9.98 Å². The third-order valence-corrected chi connectivity index (χ3v) is 4.52. The average Bonchev–Trinajstić information content (AvgIpc) is 2.68. The van der Waals surface area contributed by atoms with Crippen molar-refractivity contribution >= 4 is 11.7 Å². The Morgan fingerprint density at radius 3 is 2.36 bits per heavy atom. The lowest BCUT2D eigenvalue weighted by molar-refractivity contribution is 0.444. The Labute approximate surface area is 150 Å². The number of para-hydroxylation sites is 1. The highest BCUT2D eigenvalue weighted by Crippen LogP contribution is 2.21. The zero-order valence-electron chi connectivity index (χ0n) is 14.6. The first-order valence-corrected chi connectivity index (χ1v) is 9.15. The van der Waals surface area contributed by atoms with Gasteiger partial charge in [0, 0.05) is 12.8 Å². The molecule has 0 unspecified atom stereocenters. The predicted molar refractivity (Wildman–Crippen MR) is 104 cm³/mol. The number of nitrogens with zero attached hydrogens (tertiary/aromatic N) is 2. The van der Waals surface area contributed by atoms with E-state index in [9.17, 15) is 0 Å². The lowest BCUT2D eigenvalue weighted by Gasteiger charge is -2.15. The van der Waals surface area contributed by atoms with Crippen molar-refractivity contribution in [1.29, 1.82) is 0 Å². The van der Waals surface area contributed by atoms with Crippen LogP contribution in [-0.4, -0.2) is 12.1 Å². The molecule has 2 aromatic carbocycles. The highest BCUT2D eigenvalue weighted by Gasteiger charge is 2.10. The largest absolute Gasteiger partial charge is 0.222 e. The van der Waals surface area contributed by atoms with Crippen molar-refractivity contribution in [3.05, 3.63) is 65.7 Å². The molecule has 0 aromatic heterocycles. The molecule has 0 amide bonds. The first kappa shape index (κ1) is 17.2. The minimum absolute atomic E-state index is 0.412. The second-order valence-electron chi connectivity index (χ2n) is 6.45. The Morgan fingerprint density at radius 2 is 1.52 bits per heavy atom. The van der Waals surface area contributed by atoms with E-state index < -0.39 is 0 Å². The summed E-state index contributed by atoms with van der Waals surface area (Å²) in [5.41, 5.74) is 3.31. The first-order chi connectivity index (χ1) is 12.4. The molecule has 0 N–H and O–H groups in total. The quantitative estimate of drug-likeness (QED) is 0.514. The van der Waals surface area contributed by atoms with E-state index in [1.54, 1.807) is 0 Å². The van der Waals surface area contributed by atoms with Crippen LogP contribution in [0.2, 0.25) is 0 Å². The van der Waals surface area contributed by atoms with Crippen molar-refractivity contribution in [2.75, 3.05) is 0 Å². The molecule has 0 heterocycles. The number of rotatable bonds is 4. The molecule has 1 fully saturated rings. The number of aliphatic imine (C=N–C) groups is 2. The van der Waals surface area contributed by atoms with E-state index in [1.165, 1.54) is 37.7 Å². The van der Waals surface area contributed by atoms with Crippen molar-refractivity contribution in [2.45, 2.75) is 51.0 Å². The molecular weight excluding hydrogens is 304 g/mol. The third-order valence-electron chi connectivity index (χ3n) is 4.52. The van der Waals surface area contributed by atoms with Gasteiger partial charge in [-0.25, -0.2) is 4.99 Å². The molecule has 0 atom stereocenters. The fourth-order valence-corrected chi connectivity index (χ4v) is 3.06. The highest BCUT2D eigenvalue weighted by molar-refractivity contribution is 5.57. The van der Waals surface area contributed by atoms with E-state index in [0.717, 1.165) is 17.7 Å². The van der Waals surface area contributed by atoms with Gasteiger partial charge in [0.25, 0.3) is 0 Å². The van der Waals surface area contributed by atoms with Gasteiger partial charge in [-0.15, -0.1) is 0 Å². The van der Waals surface area contributed by atoms with Crippen molar-refractivity contribution < 1.29 is 0 Å². The van der Waals surface area contributed by atoms with Crippen molar-refractivity contribution in [1.82, 2.24) is 0 Å². The zero-order valence-corrected chi connectivity index (χ0v) is 14.6. The molecule has 0 saturated heterocycles. The van der Waals surface area contributed by atoms with Crippen LogP contribution in [0.25, 0.3) is 0 Å². The molecule has 25 heavy (non-hydrogen) atoms. The molecule has 0 bridgehead atoms. The maximum atomic E-state index is 4.50. The molecule has 1 aliphatic carbocycles. The van der Waals surface area contributed by atoms with Crippen LogP contribution in [0.4, 0.5) is 5.69 Å². The predicted octanol–water partition coefficient (Wildman–Crippen LogP) is 5.61. The third kappa shape index (κ3) is 5.75. The minimum atomic E-state index is 0.412. The lowest BCUT2D eigenvalue weighted by Crippen LogP contribution is -2.08. The fourth-order valence-electron chi connectivity index (χ4n) is 3.06. The van der Waals surface area contributed by atoms with Gasteiger partial charge in [0.15, 0.2) is 0 Å². The summed E-state index contributed by atoms with van der Waals surface area (Å²) in [5, 5.41) is 0. The number of benzene rings is 2. The van der Waals surface area contributed by atoms with Gasteiger partial charge in [-0.1, -0.05) is 79.6 Å². The van der Waals surface area contributed by atoms with E-state index in [2.05, 4.69) is 46.0 Å². The van der Waals surface area contributed by atoms with Crippen LogP contribution in [0.1, 0.15) is 43.2 Å². The summed E-state index contributed by atoms with van der Waals surface area (Å²) in [4.78, 5) is 8.96. The molecule has 0 aliphatic heterocycles. The Morgan fingerprint density at radius 1 is 0.800 bits per heavy atom. The second kappa shape index (κ2) is 9.62. The van der Waals surface area contributed by atoms with E-state index in [-0.39, 0.29) is 0 Å². The summed E-state index contributed by atoms with van der Waals surface area (Å²) in [6, 6.07) is 21.8. The van der Waals surface area contributed by atoms with Gasteiger partial charge in [0.2, 0.25) is 0 Å². The monoisotopic (exact) mass is 328 g/mol. The Kier molecular flexibility index (Phi) is 6.62. The van der Waals surface area contributed by atoms with Crippen molar-refractivity contribution in [3.8, 4) is 11.8 Å². The summed E-state index contributed by atoms with van der Waals surface area (Å²) < 4.78 is 0. The van der Waals surface area contributed by atoms with Gasteiger partial charge in [-0.3, -0.25) is 0 Å². The maximum Gasteiger partial charge on any atom is 0.0951 e. The van der Waals surface area contributed by atoms with Gasteiger partial charge >= 0.3 is 0 Å². The summed E-state index contributed by atoms with van der Waals surface area (Å²) in [5.74, 6) is 6.51. The normalized spacial score (nSPS) is 14.1. The molecule has 1 aliphatic rings. The number of hydrogen-bond donors (Lipinski definition) is 0. The smallest absolute Gasteiger partial charge is 0.0951 e. The van der Waals surface area contributed by atoms with Gasteiger partial charge < -0.3 is 0 Å². The fraction of sp³-hybridized carbons (Fsp3) is 0.348. The van der Waals surface area contributed by atoms with Crippen LogP contribution in [0, 0.1) is 11.8 Å². The standard InChI is InChI=1S/C23H24N2/c1-3-11-20(12-4-1)13-7-8-14-21-15-9-10-18-23(21)25-19-24-22-16-5-2-6-17-22/h1,3-4,9-12,15,18,22H,2,5-6,13-14,16-17H2. The molecule has 2 nitrogen and oxygen atoms in total. The Bertz CT molecular complexity index is 784. The second-order valence-corrected chi connectivity index (χ2v) is 6.45. The molecule has 2 heteroatoms. The van der Waals surface area contributed by atoms with Crippen LogP contribution in [-0.2, 0) is 12.8 Å². The highest BCUT2D eigenvalue weighted by atomic mass is 14.8. The summed E-state index contributed by atoms with van der Waals surface area (Å²) in [7, 11) is 0. The van der Waals surface area contributed by atoms with Crippen LogP contribution in [0.15, 0.2) is 64.6 Å². The summed E-state index contributed by atoms with van der Waals surface area (Å²) >= 11 is 0. The SMILES string of the molecule is C(=Nc1ccccc1CC#CCc1ccccc1)=NC1CCCCC1. The maximum absolute atomic E-state index is 4.50. The van der Waals surface area contributed by atoms with Gasteiger partial charge in [0.1, 0.15) is 0 Å². The van der Waals surface area contributed by atoms with Crippen LogP contribution < -0.4 is 0 Å². The van der Waals surface area contributed by atoms with Crippen LogP contribution in [0.3, 0.4) is 0 Å². The lowest BCUT2D eigenvalue weighted by atomic mass is 9.96. The van der Waals surface area contributed by atoms with E-state index in [1.807, 2.05) is 36.4 Å². The molecule has 0 radical (unpaired) electrons. The summed E-state index contributed by atoms with van der Waals surface area (Å²) in [6.45, 7) is 0. The zero-order chi connectivity index (χ0) is 17.2. The molecule has 2 aromatic rings. The van der Waals surface area contributed by atoms with Crippen LogP contribution in [0.5, 0.6) is 0 Å². The molecule has 126 valence electrons. The van der Waals surface area contributed by atoms with Gasteiger partial charge in [-0.05, 0) is 30.0 Å². The topological polar surface area (TPSA) is 24.7 Å². The molecular formula is C23H24N2. The van der Waals surface area contributed by atoms with Gasteiger partial charge in [0.05, 0.1) is 17.7 Å². The van der Waals surface area contributed by atoms with E-state index in [0.29, 0.717) is 12.5 Å². The molecule has 0 spiro atoms. The molecule has 3 rings (SSSR count).